The Kier molecular flexibility index (Phi) is 4.24. The fraction of sp³-hybridized carbons (Fsp3) is 0.412. The van der Waals surface area contributed by atoms with Crippen molar-refractivity contribution in [3.05, 3.63) is 29.8 Å². The zero-order chi connectivity index (χ0) is 15.5. The lowest BCUT2D eigenvalue weighted by atomic mass is 10.1. The molecule has 116 valence electrons. The largest absolute Gasteiger partial charge is 0.494 e. The summed E-state index contributed by atoms with van der Waals surface area (Å²) in [6.45, 7) is 7.02. The Bertz CT molecular complexity index is 679. The minimum atomic E-state index is 0.644. The maximum Gasteiger partial charge on any atom is 0.153 e. The van der Waals surface area contributed by atoms with Gasteiger partial charge in [-0.25, -0.2) is 4.98 Å². The van der Waals surface area contributed by atoms with Crippen LogP contribution in [0.3, 0.4) is 0 Å². The van der Waals surface area contributed by atoms with Crippen molar-refractivity contribution in [3.8, 4) is 5.75 Å². The van der Waals surface area contributed by atoms with E-state index in [1.165, 1.54) is 0 Å². The summed E-state index contributed by atoms with van der Waals surface area (Å²) in [5.74, 6) is 1.51. The van der Waals surface area contributed by atoms with Crippen LogP contribution in [0.25, 0.3) is 10.9 Å². The number of piperazine rings is 1. The quantitative estimate of drug-likeness (QED) is 0.810. The summed E-state index contributed by atoms with van der Waals surface area (Å²) in [6.07, 6.45) is 0.896. The molecule has 22 heavy (non-hydrogen) atoms. The number of fused-ring (bicyclic) bond motifs is 1. The highest BCUT2D eigenvalue weighted by Crippen LogP contribution is 2.29. The van der Waals surface area contributed by atoms with E-state index in [2.05, 4.69) is 16.7 Å². The second-order valence-electron chi connectivity index (χ2n) is 5.47. The summed E-state index contributed by atoms with van der Waals surface area (Å²) in [5.41, 5.74) is 1.45. The Hall–Kier alpha value is -2.14. The Morgan fingerprint density at radius 3 is 2.68 bits per heavy atom. The highest BCUT2D eigenvalue weighted by Gasteiger charge is 2.20. The Morgan fingerprint density at radius 2 is 2.05 bits per heavy atom. The maximum atomic E-state index is 11.5. The van der Waals surface area contributed by atoms with Crippen molar-refractivity contribution in [2.75, 3.05) is 44.7 Å². The molecule has 0 bridgehead atoms. The molecule has 1 aromatic carbocycles. The summed E-state index contributed by atoms with van der Waals surface area (Å²) >= 11 is 0. The van der Waals surface area contributed by atoms with Crippen LogP contribution in [0.5, 0.6) is 5.75 Å². The number of carbonyl (C=O) groups excluding carboxylic acids is 1. The van der Waals surface area contributed by atoms with Crippen LogP contribution < -0.4 is 9.64 Å². The minimum Gasteiger partial charge on any atom is -0.494 e. The molecular formula is C17H21N3O2. The van der Waals surface area contributed by atoms with Gasteiger partial charge in [0.15, 0.2) is 6.29 Å². The van der Waals surface area contributed by atoms with E-state index in [1.54, 1.807) is 7.11 Å². The number of methoxy groups -OCH3 is 1. The second-order valence-corrected chi connectivity index (χ2v) is 5.47. The van der Waals surface area contributed by atoms with E-state index in [-0.39, 0.29) is 0 Å². The number of hydrogen-bond donors (Lipinski definition) is 0. The third-order valence-electron chi connectivity index (χ3n) is 4.28. The Balaban J connectivity index is 2.02. The second kappa shape index (κ2) is 6.32. The molecule has 5 heteroatoms. The zero-order valence-corrected chi connectivity index (χ0v) is 13.1. The number of benzene rings is 1. The molecule has 0 saturated carbocycles. The lowest BCUT2D eigenvalue weighted by molar-refractivity contribution is 0.112. The van der Waals surface area contributed by atoms with Crippen LogP contribution in [-0.2, 0) is 0 Å². The number of aldehydes is 1. The lowest BCUT2D eigenvalue weighted by Gasteiger charge is -2.35. The molecule has 2 heterocycles. The number of rotatable bonds is 4. The fourth-order valence-corrected chi connectivity index (χ4v) is 2.96. The molecule has 1 aromatic heterocycles. The van der Waals surface area contributed by atoms with Crippen molar-refractivity contribution in [3.63, 3.8) is 0 Å². The van der Waals surface area contributed by atoms with Crippen LogP contribution in [0.15, 0.2) is 24.3 Å². The van der Waals surface area contributed by atoms with Crippen LogP contribution in [0.1, 0.15) is 17.3 Å². The molecule has 0 N–H and O–H groups in total. The molecule has 5 nitrogen and oxygen atoms in total. The predicted octanol–water partition coefficient (Wildman–Crippen LogP) is 2.20. The molecule has 1 aliphatic heterocycles. The van der Waals surface area contributed by atoms with Crippen LogP contribution in [0, 0.1) is 0 Å². The lowest BCUT2D eigenvalue weighted by Crippen LogP contribution is -2.46. The van der Waals surface area contributed by atoms with Gasteiger partial charge in [0.05, 0.1) is 12.7 Å². The smallest absolute Gasteiger partial charge is 0.153 e. The molecule has 0 amide bonds. The van der Waals surface area contributed by atoms with E-state index in [0.717, 1.165) is 61.5 Å². The Labute approximate surface area is 130 Å². The number of carbonyl (C=O) groups is 1. The third-order valence-corrected chi connectivity index (χ3v) is 4.28. The number of para-hydroxylation sites is 1. The van der Waals surface area contributed by atoms with Gasteiger partial charge < -0.3 is 14.5 Å². The standard InChI is InChI=1S/C17H21N3O2/c1-3-19-7-9-20(10-8-19)17-14(12-21)11-13-5-4-6-15(22-2)16(13)18-17/h4-6,11-12H,3,7-10H2,1-2H3. The van der Waals surface area contributed by atoms with E-state index in [1.807, 2.05) is 24.3 Å². The molecular weight excluding hydrogens is 278 g/mol. The zero-order valence-electron chi connectivity index (χ0n) is 13.1. The van der Waals surface area contributed by atoms with Gasteiger partial charge in [0.1, 0.15) is 17.1 Å². The first-order valence-corrected chi connectivity index (χ1v) is 7.67. The number of ether oxygens (including phenoxy) is 1. The van der Waals surface area contributed by atoms with Crippen LogP contribution in [0.4, 0.5) is 5.82 Å². The summed E-state index contributed by atoms with van der Waals surface area (Å²) < 4.78 is 5.40. The predicted molar refractivity (Wildman–Crippen MR) is 88.0 cm³/mol. The van der Waals surface area contributed by atoms with Gasteiger partial charge in [-0.3, -0.25) is 4.79 Å². The van der Waals surface area contributed by atoms with Crippen molar-refractivity contribution in [2.24, 2.45) is 0 Å². The first-order valence-electron chi connectivity index (χ1n) is 7.67. The van der Waals surface area contributed by atoms with Gasteiger partial charge in [-0.1, -0.05) is 19.1 Å². The van der Waals surface area contributed by atoms with Crippen molar-refractivity contribution < 1.29 is 9.53 Å². The van der Waals surface area contributed by atoms with Crippen LogP contribution in [0.2, 0.25) is 0 Å². The van der Waals surface area contributed by atoms with Crippen molar-refractivity contribution >= 4 is 23.0 Å². The molecule has 0 aliphatic carbocycles. The van der Waals surface area contributed by atoms with Gasteiger partial charge in [-0.15, -0.1) is 0 Å². The maximum absolute atomic E-state index is 11.5. The molecule has 1 fully saturated rings. The molecule has 0 unspecified atom stereocenters. The molecule has 0 spiro atoms. The van der Waals surface area contributed by atoms with E-state index < -0.39 is 0 Å². The summed E-state index contributed by atoms with van der Waals surface area (Å²) in [7, 11) is 1.64. The van der Waals surface area contributed by atoms with Gasteiger partial charge in [0, 0.05) is 31.6 Å². The minimum absolute atomic E-state index is 0.644. The third kappa shape index (κ3) is 2.64. The highest BCUT2D eigenvalue weighted by molar-refractivity contribution is 5.94. The van der Waals surface area contributed by atoms with E-state index >= 15 is 0 Å². The fourth-order valence-electron chi connectivity index (χ4n) is 2.96. The molecule has 0 atom stereocenters. The van der Waals surface area contributed by atoms with Gasteiger partial charge in [-0.05, 0) is 18.7 Å². The number of nitrogens with zero attached hydrogens (tertiary/aromatic N) is 3. The van der Waals surface area contributed by atoms with Gasteiger partial charge in [-0.2, -0.15) is 0 Å². The molecule has 2 aromatic rings. The van der Waals surface area contributed by atoms with Crippen LogP contribution in [-0.4, -0.2) is 56.0 Å². The average Bonchev–Trinajstić information content (AvgIpc) is 2.60. The molecule has 1 aliphatic rings. The number of pyridine rings is 1. The molecule has 0 radical (unpaired) electrons. The van der Waals surface area contributed by atoms with Crippen molar-refractivity contribution in [1.29, 1.82) is 0 Å². The highest BCUT2D eigenvalue weighted by atomic mass is 16.5. The number of anilines is 1. The van der Waals surface area contributed by atoms with Gasteiger partial charge in [0.25, 0.3) is 0 Å². The SMILES string of the molecule is CCN1CCN(c2nc3c(OC)cccc3cc2C=O)CC1. The Morgan fingerprint density at radius 1 is 1.27 bits per heavy atom. The first kappa shape index (κ1) is 14.8. The number of likely N-dealkylation sites (N-methyl/N-ethyl adjacent to an activating group) is 1. The van der Waals surface area contributed by atoms with E-state index in [4.69, 9.17) is 9.72 Å². The van der Waals surface area contributed by atoms with Crippen molar-refractivity contribution in [2.45, 2.75) is 6.92 Å². The summed E-state index contributed by atoms with van der Waals surface area (Å²) in [6, 6.07) is 7.67. The number of hydrogen-bond acceptors (Lipinski definition) is 5. The van der Waals surface area contributed by atoms with Crippen molar-refractivity contribution in [1.82, 2.24) is 9.88 Å². The van der Waals surface area contributed by atoms with Gasteiger partial charge >= 0.3 is 0 Å². The summed E-state index contributed by atoms with van der Waals surface area (Å²) in [4.78, 5) is 20.8. The van der Waals surface area contributed by atoms with Crippen LogP contribution >= 0.6 is 0 Å². The monoisotopic (exact) mass is 299 g/mol. The van der Waals surface area contributed by atoms with Gasteiger partial charge in [0.2, 0.25) is 0 Å². The topological polar surface area (TPSA) is 45.7 Å². The number of aromatic nitrogens is 1. The normalized spacial score (nSPS) is 16.0. The van der Waals surface area contributed by atoms with E-state index in [9.17, 15) is 4.79 Å². The van der Waals surface area contributed by atoms with E-state index in [0.29, 0.717) is 5.56 Å². The average molecular weight is 299 g/mol. The molecule has 1 saturated heterocycles. The first-order chi connectivity index (χ1) is 10.8. The molecule has 3 rings (SSSR count). The summed E-state index contributed by atoms with van der Waals surface area (Å²) in [5, 5.41) is 0.928.